The van der Waals surface area contributed by atoms with E-state index < -0.39 is 17.3 Å². The lowest BCUT2D eigenvalue weighted by Crippen LogP contribution is -2.15. The summed E-state index contributed by atoms with van der Waals surface area (Å²) in [5.74, 6) is 0.836. The molecule has 0 fully saturated rings. The van der Waals surface area contributed by atoms with Crippen LogP contribution in [0, 0.1) is 0 Å². The van der Waals surface area contributed by atoms with Gasteiger partial charge in [0.1, 0.15) is 17.2 Å². The molecule has 34 heavy (non-hydrogen) atoms. The van der Waals surface area contributed by atoms with Crippen molar-refractivity contribution in [2.75, 3.05) is 6.61 Å². The van der Waals surface area contributed by atoms with E-state index in [9.17, 15) is 18.3 Å². The van der Waals surface area contributed by atoms with E-state index in [1.807, 2.05) is 49.4 Å². The minimum absolute atomic E-state index is 0.0609. The van der Waals surface area contributed by atoms with Gasteiger partial charge in [0.05, 0.1) is 17.9 Å². The predicted octanol–water partition coefficient (Wildman–Crippen LogP) is 6.85. The third-order valence-electron chi connectivity index (χ3n) is 5.41. The molecule has 0 radical (unpaired) electrons. The van der Waals surface area contributed by atoms with Gasteiger partial charge in [0.2, 0.25) is 0 Å². The summed E-state index contributed by atoms with van der Waals surface area (Å²) in [5, 5.41) is 10.6. The fraction of sp³-hybridized carbons (Fsp3) is 0.222. The van der Waals surface area contributed by atoms with E-state index in [1.165, 1.54) is 12.1 Å². The number of halogens is 3. The van der Waals surface area contributed by atoms with Gasteiger partial charge in [-0.2, -0.15) is 13.2 Å². The van der Waals surface area contributed by atoms with Crippen LogP contribution in [0.3, 0.4) is 0 Å². The van der Waals surface area contributed by atoms with Crippen molar-refractivity contribution in [1.82, 2.24) is 9.55 Å². The number of rotatable bonds is 6. The van der Waals surface area contributed by atoms with Crippen LogP contribution in [0.5, 0.6) is 5.75 Å². The van der Waals surface area contributed by atoms with Gasteiger partial charge in [-0.3, -0.25) is 4.57 Å². The summed E-state index contributed by atoms with van der Waals surface area (Å²) in [4.78, 5) is 4.44. The SMILES string of the molecule is CCOc1cccc(-c2cccc(-n3cc(C(C)(C)O)nc3-c3ccccc3C(F)(F)F)c2)c1. The molecule has 1 aromatic heterocycles. The zero-order valence-electron chi connectivity index (χ0n) is 19.1. The average molecular weight is 467 g/mol. The zero-order valence-corrected chi connectivity index (χ0v) is 19.1. The van der Waals surface area contributed by atoms with Crippen LogP contribution in [0.4, 0.5) is 13.2 Å². The lowest BCUT2D eigenvalue weighted by Gasteiger charge is -2.15. The fourth-order valence-corrected chi connectivity index (χ4v) is 3.75. The molecule has 176 valence electrons. The lowest BCUT2D eigenvalue weighted by atomic mass is 10.0. The highest BCUT2D eigenvalue weighted by molar-refractivity contribution is 5.70. The molecule has 0 saturated heterocycles. The van der Waals surface area contributed by atoms with Crippen LogP contribution in [0.15, 0.2) is 79.0 Å². The van der Waals surface area contributed by atoms with Gasteiger partial charge >= 0.3 is 6.18 Å². The Morgan fingerprint density at radius 2 is 1.59 bits per heavy atom. The van der Waals surface area contributed by atoms with Gasteiger partial charge in [-0.1, -0.05) is 42.5 Å². The Hall–Kier alpha value is -3.58. The zero-order chi connectivity index (χ0) is 24.5. The molecule has 0 aliphatic heterocycles. The van der Waals surface area contributed by atoms with E-state index in [-0.39, 0.29) is 17.1 Å². The molecule has 1 N–H and O–H groups in total. The molecule has 1 heterocycles. The minimum atomic E-state index is -4.55. The van der Waals surface area contributed by atoms with Gasteiger partial charge in [0.25, 0.3) is 0 Å². The van der Waals surface area contributed by atoms with E-state index in [2.05, 4.69) is 4.98 Å². The third-order valence-corrected chi connectivity index (χ3v) is 5.41. The number of nitrogens with zero attached hydrogens (tertiary/aromatic N) is 2. The second kappa shape index (κ2) is 8.99. The van der Waals surface area contributed by atoms with E-state index in [4.69, 9.17) is 4.74 Å². The van der Waals surface area contributed by atoms with Crippen LogP contribution < -0.4 is 4.74 Å². The Kier molecular flexibility index (Phi) is 6.23. The maximum Gasteiger partial charge on any atom is 0.417 e. The number of alkyl halides is 3. The molecule has 0 atom stereocenters. The molecule has 3 aromatic carbocycles. The first-order valence-electron chi connectivity index (χ1n) is 10.9. The Morgan fingerprint density at radius 1 is 0.912 bits per heavy atom. The highest BCUT2D eigenvalue weighted by Crippen LogP contribution is 2.38. The van der Waals surface area contributed by atoms with Crippen molar-refractivity contribution in [1.29, 1.82) is 0 Å². The van der Waals surface area contributed by atoms with Crippen molar-refractivity contribution >= 4 is 0 Å². The van der Waals surface area contributed by atoms with Crippen molar-refractivity contribution in [3.63, 3.8) is 0 Å². The van der Waals surface area contributed by atoms with E-state index in [0.29, 0.717) is 12.3 Å². The molecule has 0 saturated carbocycles. The number of hydrogen-bond donors (Lipinski definition) is 1. The third kappa shape index (κ3) is 4.84. The van der Waals surface area contributed by atoms with E-state index in [0.717, 1.165) is 22.9 Å². The van der Waals surface area contributed by atoms with Gasteiger partial charge in [-0.25, -0.2) is 4.98 Å². The highest BCUT2D eigenvalue weighted by Gasteiger charge is 2.35. The van der Waals surface area contributed by atoms with Gasteiger partial charge in [-0.05, 0) is 62.2 Å². The van der Waals surface area contributed by atoms with Crippen molar-refractivity contribution in [3.8, 4) is 34.0 Å². The normalized spacial score (nSPS) is 12.1. The summed E-state index contributed by atoms with van der Waals surface area (Å²) < 4.78 is 48.6. The van der Waals surface area contributed by atoms with Crippen molar-refractivity contribution < 1.29 is 23.0 Å². The largest absolute Gasteiger partial charge is 0.494 e. The van der Waals surface area contributed by atoms with Crippen molar-refractivity contribution in [2.24, 2.45) is 0 Å². The van der Waals surface area contributed by atoms with Gasteiger partial charge in [0, 0.05) is 17.4 Å². The Labute approximate surface area is 196 Å². The van der Waals surface area contributed by atoms with E-state index >= 15 is 0 Å². The van der Waals surface area contributed by atoms with Crippen LogP contribution in [0.25, 0.3) is 28.2 Å². The number of aliphatic hydroxyl groups is 1. The van der Waals surface area contributed by atoms with Crippen LogP contribution >= 0.6 is 0 Å². The molecule has 4 rings (SSSR count). The number of benzene rings is 3. The molecule has 0 spiro atoms. The number of aromatic nitrogens is 2. The van der Waals surface area contributed by atoms with Gasteiger partial charge < -0.3 is 9.84 Å². The molecule has 7 heteroatoms. The van der Waals surface area contributed by atoms with Crippen LogP contribution in [-0.2, 0) is 11.8 Å². The highest BCUT2D eigenvalue weighted by atomic mass is 19.4. The Balaban J connectivity index is 1.89. The number of hydrogen-bond acceptors (Lipinski definition) is 3. The molecular formula is C27H25F3N2O2. The standard InChI is InChI=1S/C27H25F3N2O2/c1-4-34-21-12-8-10-19(16-21)18-9-7-11-20(15-18)32-17-24(26(2,3)33)31-25(32)22-13-5-6-14-23(22)27(28,29)30/h5-17,33H,4H2,1-3H3. The summed E-state index contributed by atoms with van der Waals surface area (Å²) in [6.45, 7) is 5.55. The maximum atomic E-state index is 13.8. The summed E-state index contributed by atoms with van der Waals surface area (Å²) in [6.07, 6.45) is -2.97. The van der Waals surface area contributed by atoms with Gasteiger partial charge in [-0.15, -0.1) is 0 Å². The van der Waals surface area contributed by atoms with Gasteiger partial charge in [0.15, 0.2) is 0 Å². The average Bonchev–Trinajstić information content (AvgIpc) is 3.25. The molecule has 4 nitrogen and oxygen atoms in total. The smallest absolute Gasteiger partial charge is 0.417 e. The summed E-state index contributed by atoms with van der Waals surface area (Å²) in [5.41, 5.74) is 0.480. The number of ether oxygens (including phenoxy) is 1. The van der Waals surface area contributed by atoms with Crippen LogP contribution in [0.2, 0.25) is 0 Å². The quantitative estimate of drug-likeness (QED) is 0.338. The summed E-state index contributed by atoms with van der Waals surface area (Å²) in [7, 11) is 0. The Bertz CT molecular complexity index is 1300. The van der Waals surface area contributed by atoms with Crippen molar-refractivity contribution in [2.45, 2.75) is 32.5 Å². The first-order chi connectivity index (χ1) is 16.1. The Morgan fingerprint density at radius 3 is 2.26 bits per heavy atom. The molecule has 0 aliphatic carbocycles. The minimum Gasteiger partial charge on any atom is -0.494 e. The monoisotopic (exact) mass is 466 g/mol. The fourth-order valence-electron chi connectivity index (χ4n) is 3.75. The first-order valence-corrected chi connectivity index (χ1v) is 10.9. The maximum absolute atomic E-state index is 13.8. The second-order valence-corrected chi connectivity index (χ2v) is 8.43. The topological polar surface area (TPSA) is 47.3 Å². The molecule has 0 bridgehead atoms. The van der Waals surface area contributed by atoms with Crippen LogP contribution in [0.1, 0.15) is 32.0 Å². The molecule has 0 aliphatic rings. The predicted molar refractivity (Wildman–Crippen MR) is 126 cm³/mol. The molecule has 0 unspecified atom stereocenters. The molecule has 0 amide bonds. The van der Waals surface area contributed by atoms with E-state index in [1.54, 1.807) is 36.7 Å². The lowest BCUT2D eigenvalue weighted by molar-refractivity contribution is -0.137. The molecular weight excluding hydrogens is 441 g/mol. The first kappa shape index (κ1) is 23.6. The summed E-state index contributed by atoms with van der Waals surface area (Å²) in [6, 6.07) is 20.4. The second-order valence-electron chi connectivity index (χ2n) is 8.43. The van der Waals surface area contributed by atoms with Crippen LogP contribution in [-0.4, -0.2) is 21.3 Å². The van der Waals surface area contributed by atoms with Crippen molar-refractivity contribution in [3.05, 3.63) is 90.3 Å². The molecule has 4 aromatic rings. The summed E-state index contributed by atoms with van der Waals surface area (Å²) >= 11 is 0. The number of imidazole rings is 1.